The average molecular weight is 283 g/mol. The molecule has 0 bridgehead atoms. The third-order valence-corrected chi connectivity index (χ3v) is 2.87. The number of nitrogens with one attached hydrogen (secondary N) is 1. The molecule has 1 amide bonds. The Morgan fingerprint density at radius 1 is 1.10 bits per heavy atom. The summed E-state index contributed by atoms with van der Waals surface area (Å²) in [5, 5.41) is 13.3. The van der Waals surface area contributed by atoms with Crippen LogP contribution in [0.15, 0.2) is 54.9 Å². The fourth-order valence-electron chi connectivity index (χ4n) is 1.80. The summed E-state index contributed by atoms with van der Waals surface area (Å²) in [7, 11) is 0. The maximum Gasteiger partial charge on any atom is 0.255 e. The van der Waals surface area contributed by atoms with Crippen molar-refractivity contribution >= 4 is 11.6 Å². The van der Waals surface area contributed by atoms with Crippen molar-refractivity contribution in [2.75, 3.05) is 5.32 Å². The van der Waals surface area contributed by atoms with Crippen molar-refractivity contribution < 1.29 is 9.18 Å². The molecular formula is C14H10FN5O. The summed E-state index contributed by atoms with van der Waals surface area (Å²) in [6.07, 6.45) is 1.45. The Balaban J connectivity index is 1.78. The van der Waals surface area contributed by atoms with Crippen LogP contribution in [0.1, 0.15) is 10.4 Å². The molecule has 7 heteroatoms. The minimum Gasteiger partial charge on any atom is -0.319 e. The predicted octanol–water partition coefficient (Wildman–Crippen LogP) is 2.05. The Morgan fingerprint density at radius 2 is 1.86 bits per heavy atom. The molecule has 3 rings (SSSR count). The lowest BCUT2D eigenvalue weighted by Crippen LogP contribution is -2.13. The number of rotatable bonds is 3. The van der Waals surface area contributed by atoms with Crippen molar-refractivity contribution in [3.63, 3.8) is 0 Å². The normalized spacial score (nSPS) is 10.3. The summed E-state index contributed by atoms with van der Waals surface area (Å²) in [6.45, 7) is 0. The molecule has 3 aromatic rings. The van der Waals surface area contributed by atoms with Gasteiger partial charge >= 0.3 is 0 Å². The molecule has 0 aliphatic rings. The molecule has 21 heavy (non-hydrogen) atoms. The first-order valence-corrected chi connectivity index (χ1v) is 6.13. The highest BCUT2D eigenvalue weighted by Crippen LogP contribution is 2.15. The number of halogens is 1. The van der Waals surface area contributed by atoms with Gasteiger partial charge in [0, 0.05) is 5.56 Å². The molecule has 0 spiro atoms. The molecule has 1 N–H and O–H groups in total. The number of anilines is 1. The fraction of sp³-hybridized carbons (Fsp3) is 0. The van der Waals surface area contributed by atoms with Gasteiger partial charge in [0.1, 0.15) is 12.1 Å². The number of para-hydroxylation sites is 1. The summed E-state index contributed by atoms with van der Waals surface area (Å²) in [6, 6.07) is 12.6. The van der Waals surface area contributed by atoms with Crippen molar-refractivity contribution in [1.82, 2.24) is 20.2 Å². The van der Waals surface area contributed by atoms with Crippen LogP contribution in [0.4, 0.5) is 10.1 Å². The molecule has 6 nitrogen and oxygen atoms in total. The quantitative estimate of drug-likeness (QED) is 0.798. The molecule has 0 aliphatic carbocycles. The second-order valence-electron chi connectivity index (χ2n) is 4.24. The number of hydrogen-bond donors (Lipinski definition) is 1. The SMILES string of the molecule is O=C(Nc1ccccc1F)c1ccc(-n2cnnn2)cc1. The first-order valence-electron chi connectivity index (χ1n) is 6.13. The molecule has 0 saturated heterocycles. The second-order valence-corrected chi connectivity index (χ2v) is 4.24. The fourth-order valence-corrected chi connectivity index (χ4v) is 1.80. The van der Waals surface area contributed by atoms with Gasteiger partial charge in [0.05, 0.1) is 11.4 Å². The van der Waals surface area contributed by atoms with Gasteiger partial charge in [0.2, 0.25) is 0 Å². The Morgan fingerprint density at radius 3 is 2.52 bits per heavy atom. The lowest BCUT2D eigenvalue weighted by atomic mass is 10.2. The van der Waals surface area contributed by atoms with Crippen LogP contribution in [0.25, 0.3) is 5.69 Å². The van der Waals surface area contributed by atoms with E-state index in [0.717, 1.165) is 5.69 Å². The van der Waals surface area contributed by atoms with Crippen molar-refractivity contribution in [2.24, 2.45) is 0 Å². The molecule has 0 unspecified atom stereocenters. The average Bonchev–Trinajstić information content (AvgIpc) is 3.04. The molecule has 0 atom stereocenters. The first-order chi connectivity index (χ1) is 10.2. The molecule has 0 radical (unpaired) electrons. The van der Waals surface area contributed by atoms with E-state index in [0.29, 0.717) is 5.56 Å². The maximum absolute atomic E-state index is 13.5. The van der Waals surface area contributed by atoms with E-state index in [1.54, 1.807) is 36.4 Å². The van der Waals surface area contributed by atoms with E-state index in [-0.39, 0.29) is 11.6 Å². The van der Waals surface area contributed by atoms with Gasteiger partial charge in [0.15, 0.2) is 0 Å². The monoisotopic (exact) mass is 283 g/mol. The zero-order valence-corrected chi connectivity index (χ0v) is 10.8. The van der Waals surface area contributed by atoms with Gasteiger partial charge in [-0.3, -0.25) is 4.79 Å². The van der Waals surface area contributed by atoms with E-state index in [1.165, 1.54) is 23.1 Å². The lowest BCUT2D eigenvalue weighted by molar-refractivity contribution is 0.102. The zero-order chi connectivity index (χ0) is 14.7. The predicted molar refractivity (Wildman–Crippen MR) is 73.5 cm³/mol. The number of benzene rings is 2. The van der Waals surface area contributed by atoms with Crippen LogP contribution < -0.4 is 5.32 Å². The molecule has 1 aromatic heterocycles. The summed E-state index contributed by atoms with van der Waals surface area (Å²) < 4.78 is 14.9. The third kappa shape index (κ3) is 2.76. The molecule has 0 fully saturated rings. The summed E-state index contributed by atoms with van der Waals surface area (Å²) in [5.41, 5.74) is 1.28. The van der Waals surface area contributed by atoms with Crippen LogP contribution in [0, 0.1) is 5.82 Å². The van der Waals surface area contributed by atoms with Crippen LogP contribution in [0.2, 0.25) is 0 Å². The zero-order valence-electron chi connectivity index (χ0n) is 10.8. The number of aromatic nitrogens is 4. The van der Waals surface area contributed by atoms with E-state index in [4.69, 9.17) is 0 Å². The smallest absolute Gasteiger partial charge is 0.255 e. The van der Waals surface area contributed by atoms with Crippen molar-refractivity contribution in [3.05, 3.63) is 66.2 Å². The van der Waals surface area contributed by atoms with Crippen LogP contribution in [0.5, 0.6) is 0 Å². The van der Waals surface area contributed by atoms with E-state index in [1.807, 2.05) is 0 Å². The number of tetrazole rings is 1. The molecule has 0 aliphatic heterocycles. The molecule has 104 valence electrons. The number of carbonyl (C=O) groups is 1. The van der Waals surface area contributed by atoms with E-state index in [9.17, 15) is 9.18 Å². The first kappa shape index (κ1) is 12.9. The van der Waals surface area contributed by atoms with Gasteiger partial charge in [-0.25, -0.2) is 9.07 Å². The third-order valence-electron chi connectivity index (χ3n) is 2.87. The van der Waals surface area contributed by atoms with E-state index >= 15 is 0 Å². The maximum atomic E-state index is 13.5. The van der Waals surface area contributed by atoms with Gasteiger partial charge in [-0.1, -0.05) is 12.1 Å². The second kappa shape index (κ2) is 5.49. The van der Waals surface area contributed by atoms with Crippen molar-refractivity contribution in [2.45, 2.75) is 0 Å². The number of amides is 1. The van der Waals surface area contributed by atoms with Crippen LogP contribution in [0.3, 0.4) is 0 Å². The van der Waals surface area contributed by atoms with E-state index in [2.05, 4.69) is 20.8 Å². The van der Waals surface area contributed by atoms with Crippen LogP contribution >= 0.6 is 0 Å². The number of nitrogens with zero attached hydrogens (tertiary/aromatic N) is 4. The summed E-state index contributed by atoms with van der Waals surface area (Å²) in [5.74, 6) is -0.862. The van der Waals surface area contributed by atoms with Gasteiger partial charge in [0.25, 0.3) is 5.91 Å². The topological polar surface area (TPSA) is 72.7 Å². The molecule has 1 heterocycles. The van der Waals surface area contributed by atoms with Crippen molar-refractivity contribution in [1.29, 1.82) is 0 Å². The minimum absolute atomic E-state index is 0.145. The largest absolute Gasteiger partial charge is 0.319 e. The van der Waals surface area contributed by atoms with E-state index < -0.39 is 5.82 Å². The van der Waals surface area contributed by atoms with Gasteiger partial charge in [-0.15, -0.1) is 5.10 Å². The number of hydrogen-bond acceptors (Lipinski definition) is 4. The summed E-state index contributed by atoms with van der Waals surface area (Å²) >= 11 is 0. The number of carbonyl (C=O) groups excluding carboxylic acids is 1. The Kier molecular flexibility index (Phi) is 3.38. The highest BCUT2D eigenvalue weighted by molar-refractivity contribution is 6.04. The Hall–Kier alpha value is -3.09. The molecule has 2 aromatic carbocycles. The Bertz CT molecular complexity index is 755. The minimum atomic E-state index is -0.476. The summed E-state index contributed by atoms with van der Waals surface area (Å²) in [4.78, 5) is 12.0. The van der Waals surface area contributed by atoms with Gasteiger partial charge < -0.3 is 5.32 Å². The Labute approximate surface area is 119 Å². The highest BCUT2D eigenvalue weighted by atomic mass is 19.1. The lowest BCUT2D eigenvalue weighted by Gasteiger charge is -2.06. The molecule has 0 saturated carbocycles. The van der Waals surface area contributed by atoms with Crippen LogP contribution in [-0.2, 0) is 0 Å². The highest BCUT2D eigenvalue weighted by Gasteiger charge is 2.09. The van der Waals surface area contributed by atoms with Crippen molar-refractivity contribution in [3.8, 4) is 5.69 Å². The van der Waals surface area contributed by atoms with Crippen LogP contribution in [-0.4, -0.2) is 26.1 Å². The molecular weight excluding hydrogens is 273 g/mol. The standard InChI is InChI=1S/C14H10FN5O/c15-12-3-1-2-4-13(12)17-14(21)10-5-7-11(8-6-10)20-9-16-18-19-20/h1-9H,(H,17,21). The van der Waals surface area contributed by atoms with Gasteiger partial charge in [-0.05, 0) is 46.8 Å². The van der Waals surface area contributed by atoms with Gasteiger partial charge in [-0.2, -0.15) is 0 Å².